The molecular weight excluding hydrogens is 176 g/mol. The van der Waals surface area contributed by atoms with Crippen LogP contribution < -0.4 is 5.32 Å². The molecule has 2 rings (SSSR count). The quantitative estimate of drug-likeness (QED) is 0.698. The SMILES string of the molecule is Cc1[nH]c2ccc(NC=O)cc2c1C. The van der Waals surface area contributed by atoms with E-state index < -0.39 is 0 Å². The topological polar surface area (TPSA) is 44.9 Å². The number of aromatic amines is 1. The van der Waals surface area contributed by atoms with E-state index >= 15 is 0 Å². The van der Waals surface area contributed by atoms with Crippen molar-refractivity contribution >= 4 is 23.0 Å². The Kier molecular flexibility index (Phi) is 2.00. The van der Waals surface area contributed by atoms with E-state index in [1.54, 1.807) is 0 Å². The number of amides is 1. The summed E-state index contributed by atoms with van der Waals surface area (Å²) in [4.78, 5) is 13.6. The highest BCUT2D eigenvalue weighted by molar-refractivity contribution is 5.89. The first kappa shape index (κ1) is 8.81. The molecule has 3 nitrogen and oxygen atoms in total. The molecule has 0 unspecified atom stereocenters. The van der Waals surface area contributed by atoms with Crippen LogP contribution in [-0.4, -0.2) is 11.4 Å². The first-order valence-electron chi connectivity index (χ1n) is 4.51. The number of anilines is 1. The molecule has 0 aliphatic carbocycles. The van der Waals surface area contributed by atoms with Crippen molar-refractivity contribution in [2.24, 2.45) is 0 Å². The molecule has 0 saturated heterocycles. The molecule has 1 aromatic heterocycles. The number of hydrogen-bond acceptors (Lipinski definition) is 1. The molecule has 2 aromatic rings. The average molecular weight is 188 g/mol. The van der Waals surface area contributed by atoms with Gasteiger partial charge in [-0.15, -0.1) is 0 Å². The Balaban J connectivity index is 2.63. The van der Waals surface area contributed by atoms with E-state index in [0.29, 0.717) is 6.41 Å². The van der Waals surface area contributed by atoms with Crippen LogP contribution in [0, 0.1) is 13.8 Å². The molecule has 0 bridgehead atoms. The second-order valence-corrected chi connectivity index (χ2v) is 3.40. The van der Waals surface area contributed by atoms with Gasteiger partial charge in [0.1, 0.15) is 0 Å². The van der Waals surface area contributed by atoms with Crippen LogP contribution in [-0.2, 0) is 4.79 Å². The second-order valence-electron chi connectivity index (χ2n) is 3.40. The highest BCUT2D eigenvalue weighted by Crippen LogP contribution is 2.23. The maximum Gasteiger partial charge on any atom is 0.211 e. The largest absolute Gasteiger partial charge is 0.358 e. The van der Waals surface area contributed by atoms with Gasteiger partial charge in [0.15, 0.2) is 0 Å². The third-order valence-corrected chi connectivity index (χ3v) is 2.53. The number of hydrogen-bond donors (Lipinski definition) is 2. The zero-order valence-corrected chi connectivity index (χ0v) is 8.22. The molecule has 0 aliphatic rings. The first-order valence-corrected chi connectivity index (χ1v) is 4.51. The van der Waals surface area contributed by atoms with Gasteiger partial charge < -0.3 is 10.3 Å². The minimum atomic E-state index is 0.690. The van der Waals surface area contributed by atoms with Crippen molar-refractivity contribution in [2.45, 2.75) is 13.8 Å². The Morgan fingerprint density at radius 2 is 2.14 bits per heavy atom. The van der Waals surface area contributed by atoms with Crippen molar-refractivity contribution in [1.29, 1.82) is 0 Å². The molecule has 1 heterocycles. The summed E-state index contributed by atoms with van der Waals surface area (Å²) in [6.07, 6.45) is 0.690. The predicted molar refractivity (Wildman–Crippen MR) is 57.5 cm³/mol. The van der Waals surface area contributed by atoms with E-state index in [9.17, 15) is 4.79 Å². The number of carbonyl (C=O) groups excluding carboxylic acids is 1. The molecule has 0 aliphatic heterocycles. The molecule has 1 amide bonds. The molecule has 0 atom stereocenters. The van der Waals surface area contributed by atoms with Gasteiger partial charge in [-0.25, -0.2) is 0 Å². The first-order chi connectivity index (χ1) is 6.72. The lowest BCUT2D eigenvalue weighted by Gasteiger charge is -1.98. The molecular formula is C11H12N2O. The lowest BCUT2D eigenvalue weighted by Crippen LogP contribution is -1.92. The number of aromatic nitrogens is 1. The van der Waals surface area contributed by atoms with Crippen LogP contribution in [0.5, 0.6) is 0 Å². The second kappa shape index (κ2) is 3.18. The van der Waals surface area contributed by atoms with E-state index in [4.69, 9.17) is 0 Å². The maximum atomic E-state index is 10.3. The van der Waals surface area contributed by atoms with Crippen molar-refractivity contribution in [3.05, 3.63) is 29.5 Å². The van der Waals surface area contributed by atoms with E-state index in [1.165, 1.54) is 11.3 Å². The van der Waals surface area contributed by atoms with Gasteiger partial charge >= 0.3 is 0 Å². The average Bonchev–Trinajstić information content (AvgIpc) is 2.45. The number of nitrogens with one attached hydrogen (secondary N) is 2. The summed E-state index contributed by atoms with van der Waals surface area (Å²) in [6, 6.07) is 5.83. The zero-order chi connectivity index (χ0) is 10.1. The van der Waals surface area contributed by atoms with Gasteiger partial charge in [0, 0.05) is 22.3 Å². The van der Waals surface area contributed by atoms with E-state index in [-0.39, 0.29) is 0 Å². The van der Waals surface area contributed by atoms with Crippen LogP contribution >= 0.6 is 0 Å². The standard InChI is InChI=1S/C11H12N2O/c1-7-8(2)13-11-4-3-9(12-6-14)5-10(7)11/h3-6,13H,1-2H3,(H,12,14). The molecule has 0 saturated carbocycles. The number of benzene rings is 1. The van der Waals surface area contributed by atoms with Crippen molar-refractivity contribution in [1.82, 2.24) is 4.98 Å². The molecule has 1 aromatic carbocycles. The van der Waals surface area contributed by atoms with Crippen LogP contribution in [0.15, 0.2) is 18.2 Å². The molecule has 0 spiro atoms. The number of H-pyrrole nitrogens is 1. The highest BCUT2D eigenvalue weighted by atomic mass is 16.1. The molecule has 14 heavy (non-hydrogen) atoms. The fraction of sp³-hybridized carbons (Fsp3) is 0.182. The minimum absolute atomic E-state index is 0.690. The van der Waals surface area contributed by atoms with Crippen LogP contribution in [0.25, 0.3) is 10.9 Å². The zero-order valence-electron chi connectivity index (χ0n) is 8.22. The Labute approximate surface area is 82.1 Å². The van der Waals surface area contributed by atoms with E-state index in [1.807, 2.05) is 25.1 Å². The summed E-state index contributed by atoms with van der Waals surface area (Å²) in [6.45, 7) is 4.11. The van der Waals surface area contributed by atoms with Crippen LogP contribution in [0.3, 0.4) is 0 Å². The number of carbonyl (C=O) groups is 1. The summed E-state index contributed by atoms with van der Waals surface area (Å²) in [5.41, 5.74) is 4.34. The fourth-order valence-electron chi connectivity index (χ4n) is 1.62. The highest BCUT2D eigenvalue weighted by Gasteiger charge is 2.03. The summed E-state index contributed by atoms with van der Waals surface area (Å²) >= 11 is 0. The van der Waals surface area contributed by atoms with Crippen LogP contribution in [0.4, 0.5) is 5.69 Å². The van der Waals surface area contributed by atoms with Gasteiger partial charge in [-0.3, -0.25) is 4.79 Å². The summed E-state index contributed by atoms with van der Waals surface area (Å²) < 4.78 is 0. The monoisotopic (exact) mass is 188 g/mol. The Bertz CT molecular complexity index is 485. The molecule has 3 heteroatoms. The third kappa shape index (κ3) is 1.27. The predicted octanol–water partition coefficient (Wildman–Crippen LogP) is 2.35. The van der Waals surface area contributed by atoms with Crippen molar-refractivity contribution < 1.29 is 4.79 Å². The lowest BCUT2D eigenvalue weighted by atomic mass is 10.1. The van der Waals surface area contributed by atoms with E-state index in [2.05, 4.69) is 17.2 Å². The molecule has 0 fully saturated rings. The van der Waals surface area contributed by atoms with Gasteiger partial charge in [-0.2, -0.15) is 0 Å². The maximum absolute atomic E-state index is 10.3. The third-order valence-electron chi connectivity index (χ3n) is 2.53. The van der Waals surface area contributed by atoms with Gasteiger partial charge in [-0.1, -0.05) is 0 Å². The van der Waals surface area contributed by atoms with Gasteiger partial charge in [0.25, 0.3) is 0 Å². The lowest BCUT2D eigenvalue weighted by molar-refractivity contribution is -0.105. The van der Waals surface area contributed by atoms with Crippen molar-refractivity contribution in [3.8, 4) is 0 Å². The summed E-state index contributed by atoms with van der Waals surface area (Å²) in [5.74, 6) is 0. The normalized spacial score (nSPS) is 10.4. The number of fused-ring (bicyclic) bond motifs is 1. The minimum Gasteiger partial charge on any atom is -0.358 e. The van der Waals surface area contributed by atoms with Crippen molar-refractivity contribution in [2.75, 3.05) is 5.32 Å². The molecule has 2 N–H and O–H groups in total. The summed E-state index contributed by atoms with van der Waals surface area (Å²) in [5, 5.41) is 3.80. The Hall–Kier alpha value is -1.77. The number of aryl methyl sites for hydroxylation is 2. The van der Waals surface area contributed by atoms with E-state index in [0.717, 1.165) is 16.6 Å². The van der Waals surface area contributed by atoms with Gasteiger partial charge in [0.05, 0.1) is 0 Å². The fourth-order valence-corrected chi connectivity index (χ4v) is 1.62. The molecule has 0 radical (unpaired) electrons. The number of rotatable bonds is 2. The van der Waals surface area contributed by atoms with Crippen LogP contribution in [0.2, 0.25) is 0 Å². The Morgan fingerprint density at radius 3 is 2.86 bits per heavy atom. The van der Waals surface area contributed by atoms with Crippen molar-refractivity contribution in [3.63, 3.8) is 0 Å². The molecule has 72 valence electrons. The Morgan fingerprint density at radius 1 is 1.36 bits per heavy atom. The summed E-state index contributed by atoms with van der Waals surface area (Å²) in [7, 11) is 0. The van der Waals surface area contributed by atoms with Gasteiger partial charge in [-0.05, 0) is 37.6 Å². The van der Waals surface area contributed by atoms with Gasteiger partial charge in [0.2, 0.25) is 6.41 Å². The smallest absolute Gasteiger partial charge is 0.211 e. The van der Waals surface area contributed by atoms with Crippen LogP contribution in [0.1, 0.15) is 11.3 Å².